The van der Waals surface area contributed by atoms with Crippen molar-refractivity contribution in [3.8, 4) is 17.2 Å². The summed E-state index contributed by atoms with van der Waals surface area (Å²) in [5.74, 6) is -0.879. The SMILES string of the molecule is COc1ccc2cc1OCC(=O)N[C@@H]1CN(S(=O)(=O)c3c(C)nn(C)c3C)CC[C@@H]1Oc1cc(F)cc(c1)CNC2=O. The van der Waals surface area contributed by atoms with Gasteiger partial charge in [0.05, 0.1) is 24.5 Å². The van der Waals surface area contributed by atoms with Gasteiger partial charge in [0.2, 0.25) is 10.0 Å². The number of carbonyl (C=O) groups excluding carboxylic acids is 2. The Bertz CT molecular complexity index is 1640. The third kappa shape index (κ3) is 5.90. The van der Waals surface area contributed by atoms with Crippen LogP contribution in [0, 0.1) is 19.7 Å². The Kier molecular flexibility index (Phi) is 8.10. The maximum absolute atomic E-state index is 14.6. The summed E-state index contributed by atoms with van der Waals surface area (Å²) in [6, 6.07) is 7.82. The van der Waals surface area contributed by atoms with Crippen LogP contribution in [0.2, 0.25) is 0 Å². The summed E-state index contributed by atoms with van der Waals surface area (Å²) >= 11 is 0. The molecule has 0 unspecified atom stereocenters. The van der Waals surface area contributed by atoms with Gasteiger partial charge in [-0.2, -0.15) is 9.40 Å². The molecule has 0 spiro atoms. The molecule has 1 fully saturated rings. The van der Waals surface area contributed by atoms with Gasteiger partial charge in [0.25, 0.3) is 11.8 Å². The smallest absolute Gasteiger partial charge is 0.258 e. The van der Waals surface area contributed by atoms with Gasteiger partial charge in [0, 0.05) is 44.7 Å². The van der Waals surface area contributed by atoms with Crippen LogP contribution in [0.1, 0.15) is 33.7 Å². The Morgan fingerprint density at radius 2 is 1.93 bits per heavy atom. The fourth-order valence-corrected chi connectivity index (χ4v) is 7.11. The van der Waals surface area contributed by atoms with E-state index in [2.05, 4.69) is 15.7 Å². The molecule has 1 saturated heterocycles. The first-order valence-electron chi connectivity index (χ1n) is 13.3. The van der Waals surface area contributed by atoms with Crippen LogP contribution in [0.5, 0.6) is 17.2 Å². The highest BCUT2D eigenvalue weighted by Gasteiger charge is 2.39. The van der Waals surface area contributed by atoms with E-state index in [1.807, 2.05) is 0 Å². The predicted molar refractivity (Wildman–Crippen MR) is 148 cm³/mol. The molecule has 42 heavy (non-hydrogen) atoms. The van der Waals surface area contributed by atoms with Gasteiger partial charge in [-0.1, -0.05) is 0 Å². The molecule has 0 radical (unpaired) electrons. The van der Waals surface area contributed by atoms with Gasteiger partial charge in [-0.15, -0.1) is 0 Å². The molecule has 12 nitrogen and oxygen atoms in total. The van der Waals surface area contributed by atoms with Gasteiger partial charge < -0.3 is 24.8 Å². The lowest BCUT2D eigenvalue weighted by molar-refractivity contribution is -0.125. The Balaban J connectivity index is 1.48. The van der Waals surface area contributed by atoms with Crippen molar-refractivity contribution in [2.45, 2.75) is 43.9 Å². The molecule has 0 aliphatic carbocycles. The maximum Gasteiger partial charge on any atom is 0.258 e. The topological polar surface area (TPSA) is 141 Å². The number of rotatable bonds is 3. The van der Waals surface area contributed by atoms with E-state index < -0.39 is 46.4 Å². The molecule has 2 aliphatic rings. The fourth-order valence-electron chi connectivity index (χ4n) is 5.23. The summed E-state index contributed by atoms with van der Waals surface area (Å²) < 4.78 is 62.0. The molecule has 1 aromatic heterocycles. The van der Waals surface area contributed by atoms with Crippen LogP contribution >= 0.6 is 0 Å². The maximum atomic E-state index is 14.6. The summed E-state index contributed by atoms with van der Waals surface area (Å²) in [6.45, 7) is 2.91. The number of carbonyl (C=O) groups is 2. The number of fused-ring (bicyclic) bond motifs is 5. The van der Waals surface area contributed by atoms with E-state index in [0.717, 1.165) is 0 Å². The van der Waals surface area contributed by atoms with E-state index in [9.17, 15) is 22.4 Å². The fraction of sp³-hybridized carbons (Fsp3) is 0.393. The minimum Gasteiger partial charge on any atom is -0.493 e. The minimum absolute atomic E-state index is 0.0236. The number of ether oxygens (including phenoxy) is 3. The highest BCUT2D eigenvalue weighted by molar-refractivity contribution is 7.89. The molecule has 2 atom stereocenters. The van der Waals surface area contributed by atoms with Crippen LogP contribution in [0.15, 0.2) is 41.3 Å². The van der Waals surface area contributed by atoms with Crippen molar-refractivity contribution in [2.75, 3.05) is 26.8 Å². The summed E-state index contributed by atoms with van der Waals surface area (Å²) in [6.07, 6.45) is -0.478. The Hall–Kier alpha value is -4.17. The number of aromatic nitrogens is 2. The number of hydrogen-bond acceptors (Lipinski definition) is 8. The molecular weight excluding hydrogens is 569 g/mol. The van der Waals surface area contributed by atoms with Crippen LogP contribution in [0.25, 0.3) is 0 Å². The Morgan fingerprint density at radius 3 is 2.64 bits per heavy atom. The lowest BCUT2D eigenvalue weighted by Gasteiger charge is -2.38. The van der Waals surface area contributed by atoms with Crippen molar-refractivity contribution >= 4 is 21.8 Å². The Morgan fingerprint density at radius 1 is 1.14 bits per heavy atom. The number of aryl methyl sites for hydroxylation is 2. The van der Waals surface area contributed by atoms with Gasteiger partial charge in [-0.25, -0.2) is 12.8 Å². The zero-order valence-corrected chi connectivity index (χ0v) is 24.5. The van der Waals surface area contributed by atoms with Gasteiger partial charge in [-0.3, -0.25) is 14.3 Å². The molecule has 2 aromatic carbocycles. The van der Waals surface area contributed by atoms with Gasteiger partial charge in [0.15, 0.2) is 18.1 Å². The van der Waals surface area contributed by atoms with Crippen LogP contribution in [0.4, 0.5) is 4.39 Å². The normalized spacial score (nSPS) is 20.0. The molecule has 2 N–H and O–H groups in total. The number of amides is 2. The number of nitrogens with one attached hydrogen (secondary N) is 2. The van der Waals surface area contributed by atoms with E-state index in [1.54, 1.807) is 33.0 Å². The van der Waals surface area contributed by atoms with Crippen LogP contribution < -0.4 is 24.8 Å². The van der Waals surface area contributed by atoms with Crippen LogP contribution in [-0.2, 0) is 28.4 Å². The average Bonchev–Trinajstić information content (AvgIpc) is 3.21. The van der Waals surface area contributed by atoms with Crippen LogP contribution in [-0.4, -0.2) is 73.3 Å². The monoisotopic (exact) mass is 601 g/mol. The lowest BCUT2D eigenvalue weighted by atomic mass is 10.0. The quantitative estimate of drug-likeness (QED) is 0.464. The second-order valence-corrected chi connectivity index (χ2v) is 12.1. The van der Waals surface area contributed by atoms with Crippen molar-refractivity contribution in [3.05, 3.63) is 64.7 Å². The van der Waals surface area contributed by atoms with Crippen LogP contribution in [0.3, 0.4) is 0 Å². The van der Waals surface area contributed by atoms with Gasteiger partial charge in [-0.05, 0) is 49.7 Å². The first-order valence-corrected chi connectivity index (χ1v) is 14.7. The van der Waals surface area contributed by atoms with Gasteiger partial charge in [0.1, 0.15) is 22.6 Å². The number of nitrogens with zero attached hydrogens (tertiary/aromatic N) is 3. The molecule has 4 bridgehead atoms. The molecule has 2 amide bonds. The summed E-state index contributed by atoms with van der Waals surface area (Å²) in [5.41, 5.74) is 1.58. The molecule has 3 heterocycles. The van der Waals surface area contributed by atoms with E-state index in [1.165, 1.54) is 40.4 Å². The zero-order valence-electron chi connectivity index (χ0n) is 23.6. The molecule has 14 heteroatoms. The highest BCUT2D eigenvalue weighted by atomic mass is 32.2. The Labute approximate surface area is 242 Å². The van der Waals surface area contributed by atoms with E-state index >= 15 is 0 Å². The van der Waals surface area contributed by atoms with E-state index in [0.29, 0.717) is 22.7 Å². The number of hydrogen-bond donors (Lipinski definition) is 2. The predicted octanol–water partition coefficient (Wildman–Crippen LogP) is 1.83. The lowest BCUT2D eigenvalue weighted by Crippen LogP contribution is -2.58. The number of piperidine rings is 1. The second-order valence-electron chi connectivity index (χ2n) is 10.2. The summed E-state index contributed by atoms with van der Waals surface area (Å²) in [4.78, 5) is 26.0. The molecule has 0 saturated carbocycles. The third-order valence-electron chi connectivity index (χ3n) is 7.36. The number of benzene rings is 2. The van der Waals surface area contributed by atoms with Crippen molar-refractivity contribution < 1.29 is 36.6 Å². The summed E-state index contributed by atoms with van der Waals surface area (Å²) in [5, 5.41) is 9.82. The molecular formula is C28H32FN5O7S. The van der Waals surface area contributed by atoms with Gasteiger partial charge >= 0.3 is 0 Å². The molecule has 5 rings (SSSR count). The first-order chi connectivity index (χ1) is 20.0. The zero-order chi connectivity index (χ0) is 30.2. The van der Waals surface area contributed by atoms with E-state index in [4.69, 9.17) is 14.2 Å². The molecule has 3 aromatic rings. The highest BCUT2D eigenvalue weighted by Crippen LogP contribution is 2.30. The van der Waals surface area contributed by atoms with Crippen molar-refractivity contribution in [2.24, 2.45) is 7.05 Å². The summed E-state index contributed by atoms with van der Waals surface area (Å²) in [7, 11) is -0.852. The molecule has 224 valence electrons. The third-order valence-corrected chi connectivity index (χ3v) is 9.47. The van der Waals surface area contributed by atoms with Crippen molar-refractivity contribution in [1.29, 1.82) is 0 Å². The first kappa shape index (κ1) is 29.3. The molecule has 2 aliphatic heterocycles. The largest absolute Gasteiger partial charge is 0.493 e. The van der Waals surface area contributed by atoms with Crippen molar-refractivity contribution in [1.82, 2.24) is 24.7 Å². The number of halogens is 1. The second kappa shape index (κ2) is 11.6. The minimum atomic E-state index is -3.96. The number of methoxy groups -OCH3 is 1. The number of sulfonamides is 1. The van der Waals surface area contributed by atoms with E-state index in [-0.39, 0.29) is 48.0 Å². The van der Waals surface area contributed by atoms with Crippen molar-refractivity contribution in [3.63, 3.8) is 0 Å². The average molecular weight is 602 g/mol. The standard InChI is InChI=1S/C28H32FN5O7S/c1-16-27(17(2)33(3)32-16)42(37,38)34-8-7-23-22(14-34)31-26(35)15-40-25-11-19(5-6-24(25)39-4)28(36)30-13-18-9-20(29)12-21(10-18)41-23/h5-6,9-12,22-23H,7-8,13-15H2,1-4H3,(H,30,36)(H,31,35)/t22-,23+/m1/s1.